The van der Waals surface area contributed by atoms with Gasteiger partial charge in [0.05, 0.1) is 12.1 Å². The highest BCUT2D eigenvalue weighted by atomic mass is 16.5. The molecule has 0 fully saturated rings. The summed E-state index contributed by atoms with van der Waals surface area (Å²) >= 11 is 0. The van der Waals surface area contributed by atoms with Gasteiger partial charge in [-0.1, -0.05) is 17.0 Å². The van der Waals surface area contributed by atoms with Gasteiger partial charge in [0.25, 0.3) is 0 Å². The van der Waals surface area contributed by atoms with Crippen LogP contribution in [0.1, 0.15) is 45.2 Å². The third-order valence-electron chi connectivity index (χ3n) is 4.58. The third-order valence-corrected chi connectivity index (χ3v) is 4.58. The van der Waals surface area contributed by atoms with Crippen molar-refractivity contribution in [2.24, 2.45) is 0 Å². The summed E-state index contributed by atoms with van der Waals surface area (Å²) in [4.78, 5) is 31.2. The Kier molecular flexibility index (Phi) is 4.71. The zero-order valence-corrected chi connectivity index (χ0v) is 16.4. The first-order valence-corrected chi connectivity index (χ1v) is 9.08. The van der Waals surface area contributed by atoms with Gasteiger partial charge in [0.15, 0.2) is 17.0 Å². The van der Waals surface area contributed by atoms with Gasteiger partial charge in [-0.25, -0.2) is 14.6 Å². The van der Waals surface area contributed by atoms with E-state index in [1.165, 1.54) is 11.5 Å². The summed E-state index contributed by atoms with van der Waals surface area (Å²) in [7, 11) is 0. The molecule has 11 heteroatoms. The lowest BCUT2D eigenvalue weighted by atomic mass is 10.0. The molecule has 1 aromatic carbocycles. The second-order valence-corrected chi connectivity index (χ2v) is 6.91. The summed E-state index contributed by atoms with van der Waals surface area (Å²) < 4.78 is 11.8. The molecular formula is C20H16N4O7. The maximum Gasteiger partial charge on any atom is 0.357 e. The van der Waals surface area contributed by atoms with Crippen LogP contribution >= 0.6 is 0 Å². The molecule has 1 atom stereocenters. The van der Waals surface area contributed by atoms with Crippen molar-refractivity contribution in [1.82, 2.24) is 19.7 Å². The lowest BCUT2D eigenvalue weighted by molar-refractivity contribution is 0.0639. The summed E-state index contributed by atoms with van der Waals surface area (Å²) in [6.45, 7) is 3.25. The van der Waals surface area contributed by atoms with Crippen LogP contribution in [0, 0.1) is 18.8 Å². The first-order valence-electron chi connectivity index (χ1n) is 9.08. The average Bonchev–Trinajstić information content (AvgIpc) is 3.27. The van der Waals surface area contributed by atoms with Crippen LogP contribution < -0.4 is 4.74 Å². The van der Waals surface area contributed by atoms with Crippen LogP contribution in [-0.4, -0.2) is 53.6 Å². The predicted molar refractivity (Wildman–Crippen MR) is 103 cm³/mol. The zero-order valence-electron chi connectivity index (χ0n) is 16.4. The van der Waals surface area contributed by atoms with E-state index in [-0.39, 0.29) is 30.7 Å². The molecule has 158 valence electrons. The van der Waals surface area contributed by atoms with E-state index in [4.69, 9.17) is 9.26 Å². The minimum absolute atomic E-state index is 0.0170. The lowest BCUT2D eigenvalue weighted by Crippen LogP contribution is -2.20. The van der Waals surface area contributed by atoms with Crippen LogP contribution in [0.15, 0.2) is 22.7 Å². The van der Waals surface area contributed by atoms with E-state index >= 15 is 0 Å². The van der Waals surface area contributed by atoms with Gasteiger partial charge in [0, 0.05) is 12.5 Å². The van der Waals surface area contributed by atoms with Crippen LogP contribution in [0.2, 0.25) is 0 Å². The minimum atomic E-state index is -1.67. The maximum absolute atomic E-state index is 11.7. The number of hydrogen-bond acceptors (Lipinski definition) is 8. The molecule has 1 aliphatic rings. The summed E-state index contributed by atoms with van der Waals surface area (Å²) in [5.41, 5.74) is -1.82. The van der Waals surface area contributed by atoms with Crippen molar-refractivity contribution in [2.45, 2.75) is 26.0 Å². The molecule has 0 saturated carbocycles. The van der Waals surface area contributed by atoms with Crippen molar-refractivity contribution in [3.8, 4) is 29.0 Å². The fourth-order valence-corrected chi connectivity index (χ4v) is 3.14. The Bertz CT molecular complexity index is 1280. The number of aromatic carboxylic acids is 2. The van der Waals surface area contributed by atoms with Crippen LogP contribution in [0.25, 0.3) is 11.4 Å². The number of aromatic nitrogens is 4. The SMILES string of the molecule is Cc1nc([C@](C)(O)C#Cc2ccc3c(c2)-c2nc(C(=O)O)c(C(=O)O)n2CCO3)no1. The molecule has 0 unspecified atom stereocenters. The molecule has 0 saturated heterocycles. The second-order valence-electron chi connectivity index (χ2n) is 6.91. The molecule has 31 heavy (non-hydrogen) atoms. The van der Waals surface area contributed by atoms with Gasteiger partial charge < -0.3 is 29.1 Å². The summed E-state index contributed by atoms with van der Waals surface area (Å²) in [6, 6.07) is 4.86. The number of hydrogen-bond donors (Lipinski definition) is 3. The first kappa shape index (κ1) is 20.1. The number of rotatable bonds is 3. The Balaban J connectivity index is 1.80. The molecular weight excluding hydrogens is 408 g/mol. The topological polar surface area (TPSA) is 161 Å². The minimum Gasteiger partial charge on any atom is -0.491 e. The van der Waals surface area contributed by atoms with Gasteiger partial charge in [-0.05, 0) is 25.1 Å². The average molecular weight is 424 g/mol. The molecule has 0 bridgehead atoms. The van der Waals surface area contributed by atoms with Crippen molar-refractivity contribution in [3.05, 3.63) is 46.9 Å². The van der Waals surface area contributed by atoms with Crippen LogP contribution in [-0.2, 0) is 12.1 Å². The molecule has 3 aromatic rings. The maximum atomic E-state index is 11.7. The summed E-state index contributed by atoms with van der Waals surface area (Å²) in [5.74, 6) is 3.49. The first-order chi connectivity index (χ1) is 14.7. The highest BCUT2D eigenvalue weighted by Gasteiger charge is 2.30. The van der Waals surface area contributed by atoms with Gasteiger partial charge in [-0.15, -0.1) is 0 Å². The van der Waals surface area contributed by atoms with E-state index < -0.39 is 28.9 Å². The monoisotopic (exact) mass is 424 g/mol. The number of aryl methyl sites for hydroxylation is 1. The van der Waals surface area contributed by atoms with E-state index in [1.807, 2.05) is 0 Å². The number of carboxylic acids is 2. The van der Waals surface area contributed by atoms with Gasteiger partial charge in [0.2, 0.25) is 11.7 Å². The number of imidazole rings is 1. The number of carboxylic acid groups (broad SMARTS) is 2. The molecule has 11 nitrogen and oxygen atoms in total. The van der Waals surface area contributed by atoms with Crippen molar-refractivity contribution >= 4 is 11.9 Å². The summed E-state index contributed by atoms with van der Waals surface area (Å²) in [6.07, 6.45) is 0. The van der Waals surface area contributed by atoms with E-state index in [2.05, 4.69) is 27.0 Å². The molecule has 3 heterocycles. The molecule has 1 aliphatic heterocycles. The zero-order chi connectivity index (χ0) is 22.3. The fraction of sp³-hybridized carbons (Fsp3) is 0.250. The van der Waals surface area contributed by atoms with Crippen LogP contribution in [0.5, 0.6) is 5.75 Å². The molecule has 2 aromatic heterocycles. The van der Waals surface area contributed by atoms with Crippen molar-refractivity contribution in [2.75, 3.05) is 6.61 Å². The molecule has 4 rings (SSSR count). The standard InChI is InChI=1S/C20H16N4O7/c1-10-21-19(23-31-10)20(2,29)6-5-11-3-4-13-12(9-11)16-22-14(17(25)26)15(18(27)28)24(16)7-8-30-13/h3-4,9,29H,7-8H2,1-2H3,(H,25,26)(H,27,28)/t20-/m1/s1. The number of fused-ring (bicyclic) bond motifs is 3. The third kappa shape index (κ3) is 3.60. The van der Waals surface area contributed by atoms with Crippen molar-refractivity contribution in [1.29, 1.82) is 0 Å². The second kappa shape index (κ2) is 7.26. The van der Waals surface area contributed by atoms with E-state index in [0.717, 1.165) is 0 Å². The van der Waals surface area contributed by atoms with E-state index in [9.17, 15) is 24.9 Å². The number of ether oxygens (including phenoxy) is 1. The van der Waals surface area contributed by atoms with Crippen molar-refractivity contribution < 1.29 is 34.2 Å². The largest absolute Gasteiger partial charge is 0.491 e. The highest BCUT2D eigenvalue weighted by molar-refractivity contribution is 6.00. The Labute approximate surface area is 174 Å². The number of carbonyl (C=O) groups is 2. The van der Waals surface area contributed by atoms with Crippen LogP contribution in [0.4, 0.5) is 0 Å². The Morgan fingerprint density at radius 1 is 1.23 bits per heavy atom. The number of aliphatic hydroxyl groups is 1. The lowest BCUT2D eigenvalue weighted by Gasteiger charge is -2.10. The number of benzene rings is 1. The molecule has 3 N–H and O–H groups in total. The van der Waals surface area contributed by atoms with Gasteiger partial charge in [-0.2, -0.15) is 4.98 Å². The van der Waals surface area contributed by atoms with E-state index in [0.29, 0.717) is 16.9 Å². The van der Waals surface area contributed by atoms with Crippen molar-refractivity contribution in [3.63, 3.8) is 0 Å². The smallest absolute Gasteiger partial charge is 0.357 e. The molecule has 0 spiro atoms. The predicted octanol–water partition coefficient (Wildman–Crippen LogP) is 1.29. The molecule has 0 radical (unpaired) electrons. The van der Waals surface area contributed by atoms with Gasteiger partial charge >= 0.3 is 11.9 Å². The van der Waals surface area contributed by atoms with E-state index in [1.54, 1.807) is 25.1 Å². The number of nitrogens with zero attached hydrogens (tertiary/aromatic N) is 4. The Morgan fingerprint density at radius 3 is 2.65 bits per heavy atom. The summed E-state index contributed by atoms with van der Waals surface area (Å²) in [5, 5.41) is 33.1. The highest BCUT2D eigenvalue weighted by Crippen LogP contribution is 2.34. The Hall–Kier alpha value is -4.17. The Morgan fingerprint density at radius 2 is 2.00 bits per heavy atom. The molecule has 0 amide bonds. The quantitative estimate of drug-likeness (QED) is 0.523. The van der Waals surface area contributed by atoms with Gasteiger partial charge in [0.1, 0.15) is 18.2 Å². The molecule has 0 aliphatic carbocycles. The van der Waals surface area contributed by atoms with Crippen LogP contribution in [0.3, 0.4) is 0 Å². The fourth-order valence-electron chi connectivity index (χ4n) is 3.14. The normalized spacial score (nSPS) is 14.2. The van der Waals surface area contributed by atoms with Gasteiger partial charge in [-0.3, -0.25) is 0 Å².